The predicted molar refractivity (Wildman–Crippen MR) is 120 cm³/mol. The van der Waals surface area contributed by atoms with Crippen LogP contribution in [0.15, 0.2) is 54.6 Å². The smallest absolute Gasteiger partial charge is 0.251 e. The minimum Gasteiger partial charge on any atom is -0.355 e. The van der Waals surface area contributed by atoms with Gasteiger partial charge in [0, 0.05) is 30.1 Å². The number of hydrogen-bond donors (Lipinski definition) is 1. The van der Waals surface area contributed by atoms with Crippen molar-refractivity contribution in [1.29, 1.82) is 0 Å². The van der Waals surface area contributed by atoms with Crippen LogP contribution in [0, 0.1) is 0 Å². The average molecular weight is 418 g/mol. The van der Waals surface area contributed by atoms with E-state index >= 15 is 0 Å². The molecule has 1 aliphatic rings. The summed E-state index contributed by atoms with van der Waals surface area (Å²) < 4.78 is 0. The van der Waals surface area contributed by atoms with E-state index in [1.165, 1.54) is 6.92 Å². The Kier molecular flexibility index (Phi) is 5.38. The van der Waals surface area contributed by atoms with Crippen LogP contribution in [0.25, 0.3) is 23.4 Å². The number of halogens is 1. The molecule has 0 radical (unpaired) electrons. The van der Waals surface area contributed by atoms with Gasteiger partial charge in [-0.25, -0.2) is 0 Å². The summed E-state index contributed by atoms with van der Waals surface area (Å²) in [5.41, 5.74) is 5.30. The van der Waals surface area contributed by atoms with Gasteiger partial charge in [-0.05, 0) is 41.5 Å². The Balaban J connectivity index is 1.84. The lowest BCUT2D eigenvalue weighted by Crippen LogP contribution is -2.29. The average Bonchev–Trinajstić information content (AvgIpc) is 2.74. The van der Waals surface area contributed by atoms with E-state index in [-0.39, 0.29) is 11.8 Å². The van der Waals surface area contributed by atoms with Crippen molar-refractivity contribution >= 4 is 41.3 Å². The number of nitrogens with zero attached hydrogens (tertiary/aromatic N) is 2. The summed E-state index contributed by atoms with van der Waals surface area (Å²) in [4.78, 5) is 31.3. The molecule has 6 heteroatoms. The second-order valence-corrected chi connectivity index (χ2v) is 7.44. The molecule has 5 nitrogen and oxygen atoms in total. The van der Waals surface area contributed by atoms with Crippen molar-refractivity contribution in [3.63, 3.8) is 0 Å². The van der Waals surface area contributed by atoms with Crippen molar-refractivity contribution in [3.8, 4) is 11.3 Å². The number of nitrogens with one attached hydrogen (secondary N) is 1. The van der Waals surface area contributed by atoms with Gasteiger partial charge in [0.2, 0.25) is 5.91 Å². The van der Waals surface area contributed by atoms with Crippen molar-refractivity contribution in [2.75, 3.05) is 11.9 Å². The number of carbonyl (C=O) groups is 2. The zero-order valence-electron chi connectivity index (χ0n) is 16.6. The van der Waals surface area contributed by atoms with Crippen LogP contribution < -0.4 is 10.2 Å². The van der Waals surface area contributed by atoms with E-state index in [1.54, 1.807) is 24.1 Å². The first kappa shape index (κ1) is 19.9. The fraction of sp³-hybridized carbons (Fsp3) is 0.125. The molecule has 0 bridgehead atoms. The van der Waals surface area contributed by atoms with Gasteiger partial charge in [-0.15, -0.1) is 0 Å². The molecule has 1 N–H and O–H groups in total. The zero-order valence-corrected chi connectivity index (χ0v) is 17.4. The number of amides is 2. The number of benzene rings is 2. The molecule has 0 unspecified atom stereocenters. The highest BCUT2D eigenvalue weighted by molar-refractivity contribution is 6.30. The van der Waals surface area contributed by atoms with Crippen LogP contribution in [0.3, 0.4) is 0 Å². The molecule has 3 aromatic rings. The second kappa shape index (κ2) is 8.13. The Morgan fingerprint density at radius 1 is 1.03 bits per heavy atom. The Labute approximate surface area is 180 Å². The van der Waals surface area contributed by atoms with E-state index in [1.807, 2.05) is 54.6 Å². The first-order valence-electron chi connectivity index (χ1n) is 9.55. The molecule has 1 aromatic heterocycles. The normalized spacial score (nSPS) is 13.5. The van der Waals surface area contributed by atoms with Gasteiger partial charge in [0.15, 0.2) is 0 Å². The number of rotatable bonds is 2. The molecule has 1 aliphatic heterocycles. The number of aromatic nitrogens is 1. The van der Waals surface area contributed by atoms with E-state index in [9.17, 15) is 9.59 Å². The SMILES string of the molecule is CNC(=O)c1ccccc1-c1ccc2c(n1)CN(C(C)=O)c1ccc(Cl)cc1/C=C\2. The summed E-state index contributed by atoms with van der Waals surface area (Å²) in [5, 5.41) is 3.28. The summed E-state index contributed by atoms with van der Waals surface area (Å²) in [5.74, 6) is -0.256. The molecule has 0 spiro atoms. The molecule has 30 heavy (non-hydrogen) atoms. The first-order valence-corrected chi connectivity index (χ1v) is 9.93. The number of fused-ring (bicyclic) bond motifs is 2. The quantitative estimate of drug-likeness (QED) is 0.651. The Hall–Kier alpha value is -3.44. The molecule has 2 aromatic carbocycles. The minimum absolute atomic E-state index is 0.0854. The molecule has 0 saturated carbocycles. The van der Waals surface area contributed by atoms with E-state index in [0.29, 0.717) is 22.8 Å². The molecule has 0 saturated heterocycles. The number of pyridine rings is 1. The van der Waals surface area contributed by atoms with Crippen LogP contribution in [-0.2, 0) is 11.3 Å². The third-order valence-corrected chi connectivity index (χ3v) is 5.33. The fourth-order valence-corrected chi connectivity index (χ4v) is 3.76. The van der Waals surface area contributed by atoms with E-state index in [0.717, 1.165) is 28.1 Å². The van der Waals surface area contributed by atoms with Crippen LogP contribution in [-0.4, -0.2) is 23.8 Å². The lowest BCUT2D eigenvalue weighted by atomic mass is 10.0. The largest absolute Gasteiger partial charge is 0.355 e. The third-order valence-electron chi connectivity index (χ3n) is 5.09. The van der Waals surface area contributed by atoms with Crippen LogP contribution in [0.1, 0.15) is 34.1 Å². The maximum Gasteiger partial charge on any atom is 0.251 e. The fourth-order valence-electron chi connectivity index (χ4n) is 3.58. The summed E-state index contributed by atoms with van der Waals surface area (Å²) in [6.45, 7) is 1.85. The van der Waals surface area contributed by atoms with Crippen molar-refractivity contribution < 1.29 is 9.59 Å². The topological polar surface area (TPSA) is 62.3 Å². The summed E-state index contributed by atoms with van der Waals surface area (Å²) in [6, 6.07) is 16.7. The van der Waals surface area contributed by atoms with Crippen molar-refractivity contribution in [1.82, 2.24) is 10.3 Å². The Bertz CT molecular complexity index is 1190. The molecule has 0 aliphatic carbocycles. The van der Waals surface area contributed by atoms with Gasteiger partial charge in [0.25, 0.3) is 5.91 Å². The molecule has 2 amide bonds. The Morgan fingerprint density at radius 2 is 1.80 bits per heavy atom. The molecule has 2 heterocycles. The van der Waals surface area contributed by atoms with Crippen molar-refractivity contribution in [2.24, 2.45) is 0 Å². The molecule has 0 atom stereocenters. The molecule has 150 valence electrons. The number of anilines is 1. The van der Waals surface area contributed by atoms with Gasteiger partial charge in [-0.1, -0.05) is 48.0 Å². The standard InChI is InChI=1S/C24H20ClN3O2/c1-15(29)28-14-22-16(7-8-17-13-18(25)10-12-23(17)28)9-11-21(27-22)19-5-3-4-6-20(19)24(30)26-2/h3-13H,14H2,1-2H3,(H,26,30)/b8-7-. The number of hydrogen-bond acceptors (Lipinski definition) is 3. The van der Waals surface area contributed by atoms with E-state index in [2.05, 4.69) is 5.32 Å². The van der Waals surface area contributed by atoms with Crippen molar-refractivity contribution in [3.05, 3.63) is 82.0 Å². The second-order valence-electron chi connectivity index (χ2n) is 7.00. The van der Waals surface area contributed by atoms with Gasteiger partial charge >= 0.3 is 0 Å². The van der Waals surface area contributed by atoms with Gasteiger partial charge < -0.3 is 10.2 Å². The molecular weight excluding hydrogens is 398 g/mol. The third kappa shape index (κ3) is 3.72. The van der Waals surface area contributed by atoms with Crippen LogP contribution >= 0.6 is 11.6 Å². The minimum atomic E-state index is -0.171. The van der Waals surface area contributed by atoms with Crippen LogP contribution in [0.4, 0.5) is 5.69 Å². The highest BCUT2D eigenvalue weighted by Gasteiger charge is 2.21. The van der Waals surface area contributed by atoms with Crippen molar-refractivity contribution in [2.45, 2.75) is 13.5 Å². The van der Waals surface area contributed by atoms with Gasteiger partial charge in [-0.3, -0.25) is 14.6 Å². The lowest BCUT2D eigenvalue weighted by Gasteiger charge is -2.25. The van der Waals surface area contributed by atoms with E-state index < -0.39 is 0 Å². The summed E-state index contributed by atoms with van der Waals surface area (Å²) >= 11 is 6.16. The predicted octanol–water partition coefficient (Wildman–Crippen LogP) is 4.80. The van der Waals surface area contributed by atoms with Crippen LogP contribution in [0.5, 0.6) is 0 Å². The lowest BCUT2D eigenvalue weighted by molar-refractivity contribution is -0.116. The summed E-state index contributed by atoms with van der Waals surface area (Å²) in [6.07, 6.45) is 3.92. The summed E-state index contributed by atoms with van der Waals surface area (Å²) in [7, 11) is 1.60. The van der Waals surface area contributed by atoms with Gasteiger partial charge in [0.1, 0.15) is 0 Å². The highest BCUT2D eigenvalue weighted by atomic mass is 35.5. The van der Waals surface area contributed by atoms with Gasteiger partial charge in [0.05, 0.1) is 23.6 Å². The Morgan fingerprint density at radius 3 is 2.57 bits per heavy atom. The maximum absolute atomic E-state index is 12.4. The van der Waals surface area contributed by atoms with E-state index in [4.69, 9.17) is 16.6 Å². The maximum atomic E-state index is 12.4. The molecule has 0 fully saturated rings. The molecule has 4 rings (SSSR count). The first-order chi connectivity index (χ1) is 14.5. The highest BCUT2D eigenvalue weighted by Crippen LogP contribution is 2.32. The molecular formula is C24H20ClN3O2. The zero-order chi connectivity index (χ0) is 21.3. The number of carbonyl (C=O) groups excluding carboxylic acids is 2. The monoisotopic (exact) mass is 417 g/mol. The van der Waals surface area contributed by atoms with Gasteiger partial charge in [-0.2, -0.15) is 0 Å². The van der Waals surface area contributed by atoms with Crippen LogP contribution in [0.2, 0.25) is 5.02 Å².